The van der Waals surface area contributed by atoms with Gasteiger partial charge in [0.05, 0.1) is 17.6 Å². The molecule has 2 atom stereocenters. The number of likely N-dealkylation sites (tertiary alicyclic amines) is 1. The maximum absolute atomic E-state index is 14.2. The molecule has 1 aromatic carbocycles. The number of hydrogen-bond donors (Lipinski definition) is 1. The van der Waals surface area contributed by atoms with Gasteiger partial charge in [-0.3, -0.25) is 19.2 Å². The number of amides is 4. The zero-order chi connectivity index (χ0) is 32.3. The first kappa shape index (κ1) is 33.1. The van der Waals surface area contributed by atoms with Crippen molar-refractivity contribution in [2.24, 2.45) is 5.92 Å². The van der Waals surface area contributed by atoms with Gasteiger partial charge in [-0.1, -0.05) is 20.8 Å². The van der Waals surface area contributed by atoms with Crippen molar-refractivity contribution >= 4 is 35.5 Å². The number of piperidine rings is 1. The maximum Gasteiger partial charge on any atom is 0.412 e. The highest BCUT2D eigenvalue weighted by Gasteiger charge is 2.58. The van der Waals surface area contributed by atoms with Gasteiger partial charge in [-0.2, -0.15) is 0 Å². The van der Waals surface area contributed by atoms with Crippen LogP contribution in [-0.4, -0.2) is 89.7 Å². The molecule has 0 aromatic heterocycles. The van der Waals surface area contributed by atoms with E-state index in [4.69, 9.17) is 14.2 Å². The van der Waals surface area contributed by atoms with Crippen molar-refractivity contribution in [1.82, 2.24) is 15.1 Å². The van der Waals surface area contributed by atoms with Crippen LogP contribution in [0.1, 0.15) is 89.6 Å². The Kier molecular flexibility index (Phi) is 10.1. The smallest absolute Gasteiger partial charge is 0.412 e. The van der Waals surface area contributed by atoms with Crippen molar-refractivity contribution in [3.05, 3.63) is 23.3 Å². The zero-order valence-electron chi connectivity index (χ0n) is 26.9. The number of nitrogens with zero attached hydrogens (tertiary/aromatic N) is 3. The van der Waals surface area contributed by atoms with Gasteiger partial charge in [-0.15, -0.1) is 0 Å². The molecule has 2 fully saturated rings. The van der Waals surface area contributed by atoms with E-state index in [2.05, 4.69) is 5.32 Å². The monoisotopic (exact) mass is 614 g/mol. The van der Waals surface area contributed by atoms with Crippen LogP contribution in [0.25, 0.3) is 0 Å². The second-order valence-electron chi connectivity index (χ2n) is 12.5. The molecular formula is C32H46N4O8. The Bertz CT molecular complexity index is 1290. The maximum atomic E-state index is 14.2. The molecule has 0 bridgehead atoms. The van der Waals surface area contributed by atoms with Gasteiger partial charge >= 0.3 is 12.1 Å². The van der Waals surface area contributed by atoms with Crippen LogP contribution in [0.3, 0.4) is 0 Å². The van der Waals surface area contributed by atoms with Crippen LogP contribution < -0.4 is 15.0 Å². The number of benzene rings is 1. The van der Waals surface area contributed by atoms with E-state index in [0.717, 1.165) is 5.56 Å². The van der Waals surface area contributed by atoms with Crippen LogP contribution >= 0.6 is 0 Å². The van der Waals surface area contributed by atoms with Gasteiger partial charge < -0.3 is 34.2 Å². The molecule has 1 spiro atoms. The highest BCUT2D eigenvalue weighted by atomic mass is 16.7. The summed E-state index contributed by atoms with van der Waals surface area (Å²) in [4.78, 5) is 69.4. The van der Waals surface area contributed by atoms with E-state index in [9.17, 15) is 24.0 Å². The third kappa shape index (κ3) is 7.10. The number of esters is 1. The Balaban J connectivity index is 1.54. The van der Waals surface area contributed by atoms with Crippen molar-refractivity contribution in [2.75, 3.05) is 31.1 Å². The molecule has 4 rings (SSSR count). The number of carbonyl (C=O) groups is 5. The van der Waals surface area contributed by atoms with E-state index in [1.807, 2.05) is 26.8 Å². The van der Waals surface area contributed by atoms with E-state index < -0.39 is 24.0 Å². The molecule has 242 valence electrons. The third-order valence-corrected chi connectivity index (χ3v) is 8.31. The zero-order valence-corrected chi connectivity index (χ0v) is 26.9. The summed E-state index contributed by atoms with van der Waals surface area (Å²) in [5.74, 6) is -0.723. The number of hydrogen-bond acceptors (Lipinski definition) is 8. The van der Waals surface area contributed by atoms with Gasteiger partial charge in [0, 0.05) is 64.0 Å². The Labute approximate surface area is 259 Å². The fourth-order valence-corrected chi connectivity index (χ4v) is 5.74. The summed E-state index contributed by atoms with van der Waals surface area (Å²) >= 11 is 0. The van der Waals surface area contributed by atoms with Crippen LogP contribution in [0.4, 0.5) is 10.5 Å². The minimum Gasteiger partial charge on any atom is -0.475 e. The molecule has 12 nitrogen and oxygen atoms in total. The fraction of sp³-hybridized carbons (Fsp3) is 0.656. The lowest BCUT2D eigenvalue weighted by molar-refractivity contribution is -0.170. The number of aryl methyl sites for hydroxylation is 1. The Morgan fingerprint density at radius 2 is 1.82 bits per heavy atom. The molecule has 1 aliphatic carbocycles. The minimum atomic E-state index is -1.03. The second-order valence-corrected chi connectivity index (χ2v) is 12.5. The molecule has 12 heteroatoms. The predicted molar refractivity (Wildman–Crippen MR) is 162 cm³/mol. The Morgan fingerprint density at radius 1 is 1.11 bits per heavy atom. The summed E-state index contributed by atoms with van der Waals surface area (Å²) in [5.41, 5.74) is 0.803. The SMILES string of the molecule is CCC(=O)NCCN1C(=O)C2(CC2)Oc2cc(C)c(C(=O)N(C(C)C)[C@@H]3CCCN(C(=O)OC(C)OC(=O)C(C)C)C3)cc21. The quantitative estimate of drug-likeness (QED) is 0.311. The number of ether oxygens (including phenoxy) is 3. The average Bonchev–Trinajstić information content (AvgIpc) is 3.74. The van der Waals surface area contributed by atoms with E-state index in [-0.39, 0.29) is 55.4 Å². The standard InChI is InChI=1S/C32H46N4O8/c1-8-27(37)33-13-15-35-25-17-24(21(6)16-26(25)44-32(11-12-32)30(35)40)28(38)36(20(4)5)23-10-9-14-34(18-23)31(41)43-22(7)42-29(39)19(2)3/h16-17,19-20,22-23H,8-15,18H2,1-7H3,(H,33,37)/t22?,23-/m1/s1. The van der Waals surface area contributed by atoms with Gasteiger partial charge in [0.15, 0.2) is 5.60 Å². The van der Waals surface area contributed by atoms with Crippen LogP contribution in [0.5, 0.6) is 5.75 Å². The van der Waals surface area contributed by atoms with Crippen LogP contribution in [0, 0.1) is 12.8 Å². The molecule has 1 saturated carbocycles. The van der Waals surface area contributed by atoms with E-state index in [1.54, 1.807) is 41.5 Å². The summed E-state index contributed by atoms with van der Waals surface area (Å²) in [7, 11) is 0. The lowest BCUT2D eigenvalue weighted by Crippen LogP contribution is -2.54. The van der Waals surface area contributed by atoms with Crippen molar-refractivity contribution in [2.45, 2.75) is 105 Å². The summed E-state index contributed by atoms with van der Waals surface area (Å²) < 4.78 is 16.7. The number of nitrogens with one attached hydrogen (secondary N) is 1. The fourth-order valence-electron chi connectivity index (χ4n) is 5.74. The highest BCUT2D eigenvalue weighted by molar-refractivity contribution is 6.06. The molecule has 4 amide bonds. The second kappa shape index (κ2) is 13.4. The van der Waals surface area contributed by atoms with Gasteiger partial charge in [0.1, 0.15) is 5.75 Å². The Hall–Kier alpha value is -3.83. The molecule has 1 N–H and O–H groups in total. The van der Waals surface area contributed by atoms with Crippen molar-refractivity contribution < 1.29 is 38.2 Å². The van der Waals surface area contributed by atoms with Crippen molar-refractivity contribution in [1.29, 1.82) is 0 Å². The molecule has 44 heavy (non-hydrogen) atoms. The number of rotatable bonds is 10. The van der Waals surface area contributed by atoms with E-state index >= 15 is 0 Å². The molecular weight excluding hydrogens is 568 g/mol. The van der Waals surface area contributed by atoms with Crippen molar-refractivity contribution in [3.63, 3.8) is 0 Å². The first-order valence-corrected chi connectivity index (χ1v) is 15.7. The minimum absolute atomic E-state index is 0.101. The molecule has 1 aromatic rings. The number of carbonyl (C=O) groups excluding carboxylic acids is 5. The van der Waals surface area contributed by atoms with Gasteiger partial charge in [0.25, 0.3) is 11.8 Å². The summed E-state index contributed by atoms with van der Waals surface area (Å²) in [6, 6.07) is 3.07. The lowest BCUT2D eigenvalue weighted by Gasteiger charge is -2.41. The van der Waals surface area contributed by atoms with Crippen LogP contribution in [0.2, 0.25) is 0 Å². The molecule has 0 radical (unpaired) electrons. The van der Waals surface area contributed by atoms with E-state index in [1.165, 1.54) is 6.92 Å². The molecule has 3 aliphatic rings. The van der Waals surface area contributed by atoms with Crippen molar-refractivity contribution in [3.8, 4) is 5.75 Å². The largest absolute Gasteiger partial charge is 0.475 e. The summed E-state index contributed by atoms with van der Waals surface area (Å²) in [6.07, 6.45) is 1.34. The summed E-state index contributed by atoms with van der Waals surface area (Å²) in [5, 5.41) is 2.83. The van der Waals surface area contributed by atoms with Gasteiger partial charge in [-0.05, 0) is 51.3 Å². The Morgan fingerprint density at radius 3 is 2.43 bits per heavy atom. The molecule has 2 heterocycles. The normalized spacial score (nSPS) is 19.3. The van der Waals surface area contributed by atoms with Gasteiger partial charge in [0.2, 0.25) is 12.2 Å². The molecule has 1 saturated heterocycles. The number of fused-ring (bicyclic) bond motifs is 1. The molecule has 1 unspecified atom stereocenters. The van der Waals surface area contributed by atoms with E-state index in [0.29, 0.717) is 55.6 Å². The topological polar surface area (TPSA) is 135 Å². The molecule has 2 aliphatic heterocycles. The first-order chi connectivity index (χ1) is 20.8. The summed E-state index contributed by atoms with van der Waals surface area (Å²) in [6.45, 7) is 13.7. The third-order valence-electron chi connectivity index (χ3n) is 8.31. The number of anilines is 1. The average molecular weight is 615 g/mol. The lowest BCUT2D eigenvalue weighted by atomic mass is 9.98. The van der Waals surface area contributed by atoms with Crippen LogP contribution in [-0.2, 0) is 23.9 Å². The van der Waals surface area contributed by atoms with Crippen LogP contribution in [0.15, 0.2) is 12.1 Å². The van der Waals surface area contributed by atoms with Gasteiger partial charge in [-0.25, -0.2) is 4.79 Å². The highest BCUT2D eigenvalue weighted by Crippen LogP contribution is 2.50. The first-order valence-electron chi connectivity index (χ1n) is 15.7. The predicted octanol–water partition coefficient (Wildman–Crippen LogP) is 3.78.